The predicted octanol–water partition coefficient (Wildman–Crippen LogP) is 5.26. The number of thioether (sulfide) groups is 1. The lowest BCUT2D eigenvalue weighted by atomic mass is 9.96. The number of nitrogens with one attached hydrogen (secondary N) is 1. The number of benzene rings is 1. The number of carbonyl (C=O) groups is 1. The van der Waals surface area contributed by atoms with Gasteiger partial charge in [-0.25, -0.2) is 0 Å². The molecule has 0 aromatic heterocycles. The van der Waals surface area contributed by atoms with Crippen LogP contribution in [0.1, 0.15) is 57.4 Å². The molecule has 0 radical (unpaired) electrons. The van der Waals surface area contributed by atoms with Gasteiger partial charge in [0.05, 0.1) is 6.04 Å². The largest absolute Gasteiger partial charge is 0.347 e. The van der Waals surface area contributed by atoms with Gasteiger partial charge >= 0.3 is 0 Å². The van der Waals surface area contributed by atoms with Gasteiger partial charge in [0.25, 0.3) is 0 Å². The molecule has 2 fully saturated rings. The second-order valence-corrected chi connectivity index (χ2v) is 8.47. The first-order valence-corrected chi connectivity index (χ1v) is 11.0. The van der Waals surface area contributed by atoms with Crippen molar-refractivity contribution in [3.8, 4) is 0 Å². The van der Waals surface area contributed by atoms with Crippen molar-refractivity contribution in [2.24, 2.45) is 4.99 Å². The van der Waals surface area contributed by atoms with E-state index in [9.17, 15) is 4.79 Å². The number of anilines is 1. The summed E-state index contributed by atoms with van der Waals surface area (Å²) in [6.07, 6.45) is 8.04. The van der Waals surface area contributed by atoms with Gasteiger partial charge in [0.1, 0.15) is 0 Å². The average Bonchev–Trinajstić information content (AvgIpc) is 3.00. The molecule has 3 rings (SSSR count). The smallest absolute Gasteiger partial charge is 0.226 e. The molecule has 27 heavy (non-hydrogen) atoms. The Morgan fingerprint density at radius 2 is 1.93 bits per heavy atom. The number of aliphatic imine (C=N–C) groups is 1. The van der Waals surface area contributed by atoms with E-state index >= 15 is 0 Å². The predicted molar refractivity (Wildman–Crippen MR) is 119 cm³/mol. The van der Waals surface area contributed by atoms with Gasteiger partial charge in [0.2, 0.25) is 5.91 Å². The van der Waals surface area contributed by atoms with E-state index < -0.39 is 0 Å². The van der Waals surface area contributed by atoms with Gasteiger partial charge in [0.15, 0.2) is 5.17 Å². The number of amidine groups is 1. The Morgan fingerprint density at radius 3 is 2.59 bits per heavy atom. The lowest BCUT2D eigenvalue weighted by Crippen LogP contribution is -2.37. The summed E-state index contributed by atoms with van der Waals surface area (Å²) in [6, 6.07) is 8.74. The molecule has 1 atom stereocenters. The van der Waals surface area contributed by atoms with Crippen LogP contribution >= 0.6 is 24.2 Å². The van der Waals surface area contributed by atoms with Crippen molar-refractivity contribution >= 4 is 40.9 Å². The van der Waals surface area contributed by atoms with Gasteiger partial charge in [-0.2, -0.15) is 0 Å². The van der Waals surface area contributed by atoms with Crippen LogP contribution in [0.15, 0.2) is 29.3 Å². The number of hydrogen-bond acceptors (Lipinski definition) is 3. The molecule has 1 saturated heterocycles. The molecule has 1 amide bonds. The topological polar surface area (TPSA) is 44.7 Å². The fraction of sp³-hybridized carbons (Fsp3) is 0.619. The van der Waals surface area contributed by atoms with E-state index in [1.165, 1.54) is 42.8 Å². The minimum atomic E-state index is 0. The first-order chi connectivity index (χ1) is 12.7. The highest BCUT2D eigenvalue weighted by atomic mass is 35.5. The Balaban J connectivity index is 0.00000261. The van der Waals surface area contributed by atoms with Crippen LogP contribution < -0.4 is 5.32 Å². The van der Waals surface area contributed by atoms with E-state index in [2.05, 4.69) is 24.1 Å². The number of carbonyl (C=O) groups excluding carboxylic acids is 1. The quantitative estimate of drug-likeness (QED) is 0.696. The van der Waals surface area contributed by atoms with Crippen LogP contribution in [0.25, 0.3) is 0 Å². The van der Waals surface area contributed by atoms with E-state index in [1.807, 2.05) is 36.0 Å². The summed E-state index contributed by atoms with van der Waals surface area (Å²) < 4.78 is 0. The van der Waals surface area contributed by atoms with Gasteiger partial charge in [-0.1, -0.05) is 55.6 Å². The zero-order valence-corrected chi connectivity index (χ0v) is 18.1. The molecule has 1 saturated carbocycles. The maximum atomic E-state index is 12.5. The molecule has 1 aromatic carbocycles. The average molecular weight is 410 g/mol. The molecular weight excluding hydrogens is 378 g/mol. The zero-order chi connectivity index (χ0) is 18.4. The second kappa shape index (κ2) is 11.0. The maximum Gasteiger partial charge on any atom is 0.226 e. The van der Waals surface area contributed by atoms with Gasteiger partial charge in [0, 0.05) is 30.4 Å². The first kappa shape index (κ1) is 22.1. The fourth-order valence-corrected chi connectivity index (χ4v) is 5.00. The Morgan fingerprint density at radius 1 is 1.22 bits per heavy atom. The van der Waals surface area contributed by atoms with Crippen LogP contribution in [-0.2, 0) is 4.79 Å². The summed E-state index contributed by atoms with van der Waals surface area (Å²) in [5.41, 5.74) is 2.08. The van der Waals surface area contributed by atoms with Crippen LogP contribution in [0.5, 0.6) is 0 Å². The van der Waals surface area contributed by atoms with Crippen LogP contribution in [0, 0.1) is 6.92 Å². The van der Waals surface area contributed by atoms with E-state index in [0.717, 1.165) is 24.4 Å². The molecule has 0 spiro atoms. The number of hydrogen-bond donors (Lipinski definition) is 1. The highest BCUT2D eigenvalue weighted by molar-refractivity contribution is 8.14. The lowest BCUT2D eigenvalue weighted by Gasteiger charge is -2.27. The molecule has 1 aromatic rings. The SMILES string of the molecule is CCCN1/C(=N/C2CCCCC2)SCC1CC(=O)Nc1ccc(C)cc1.Cl. The zero-order valence-electron chi connectivity index (χ0n) is 16.4. The van der Waals surface area contributed by atoms with Crippen molar-refractivity contribution < 1.29 is 4.79 Å². The highest BCUT2D eigenvalue weighted by Crippen LogP contribution is 2.29. The molecule has 1 unspecified atom stereocenters. The molecular formula is C21H32ClN3OS. The molecule has 1 N–H and O–H groups in total. The molecule has 1 aliphatic heterocycles. The number of nitrogens with zero attached hydrogens (tertiary/aromatic N) is 2. The summed E-state index contributed by atoms with van der Waals surface area (Å²) >= 11 is 1.84. The summed E-state index contributed by atoms with van der Waals surface area (Å²) in [7, 11) is 0. The highest BCUT2D eigenvalue weighted by Gasteiger charge is 2.32. The summed E-state index contributed by atoms with van der Waals surface area (Å²) in [5, 5.41) is 4.21. The Labute approximate surface area is 174 Å². The first-order valence-electron chi connectivity index (χ1n) is 9.99. The molecule has 150 valence electrons. The minimum Gasteiger partial charge on any atom is -0.347 e. The molecule has 1 aliphatic carbocycles. The lowest BCUT2D eigenvalue weighted by molar-refractivity contribution is -0.116. The van der Waals surface area contributed by atoms with Gasteiger partial charge in [-0.3, -0.25) is 9.79 Å². The molecule has 2 aliphatic rings. The minimum absolute atomic E-state index is 0. The number of rotatable bonds is 6. The third kappa shape index (κ3) is 6.42. The molecule has 4 nitrogen and oxygen atoms in total. The van der Waals surface area contributed by atoms with Crippen molar-refractivity contribution in [1.82, 2.24) is 4.90 Å². The molecule has 1 heterocycles. The molecule has 6 heteroatoms. The number of aryl methyl sites for hydroxylation is 1. The Bertz CT molecular complexity index is 629. The van der Waals surface area contributed by atoms with E-state index in [-0.39, 0.29) is 24.4 Å². The second-order valence-electron chi connectivity index (χ2n) is 7.48. The van der Waals surface area contributed by atoms with E-state index in [4.69, 9.17) is 4.99 Å². The summed E-state index contributed by atoms with van der Waals surface area (Å²) in [5.74, 6) is 1.06. The summed E-state index contributed by atoms with van der Waals surface area (Å²) in [6.45, 7) is 5.24. The van der Waals surface area contributed by atoms with Crippen LogP contribution in [0.3, 0.4) is 0 Å². The van der Waals surface area contributed by atoms with E-state index in [1.54, 1.807) is 0 Å². The third-order valence-electron chi connectivity index (χ3n) is 5.18. The van der Waals surface area contributed by atoms with Gasteiger partial charge in [-0.15, -0.1) is 12.4 Å². The van der Waals surface area contributed by atoms with Crippen molar-refractivity contribution in [3.63, 3.8) is 0 Å². The normalized spacial score (nSPS) is 21.9. The summed E-state index contributed by atoms with van der Waals surface area (Å²) in [4.78, 5) is 20.0. The van der Waals surface area contributed by atoms with Crippen molar-refractivity contribution in [2.45, 2.75) is 70.9 Å². The standard InChI is InChI=1S/C21H31N3OS.ClH/c1-3-13-24-19(14-20(25)22-18-11-9-16(2)10-12-18)15-26-21(24)23-17-7-5-4-6-8-17;/h9-12,17,19H,3-8,13-15H2,1-2H3,(H,22,25);1H/b23-21-;. The monoisotopic (exact) mass is 409 g/mol. The van der Waals surface area contributed by atoms with Gasteiger partial charge < -0.3 is 10.2 Å². The Kier molecular flexibility index (Phi) is 8.97. The number of halogens is 1. The van der Waals surface area contributed by atoms with Crippen LogP contribution in [0.2, 0.25) is 0 Å². The van der Waals surface area contributed by atoms with Crippen molar-refractivity contribution in [2.75, 3.05) is 17.6 Å². The maximum absolute atomic E-state index is 12.5. The van der Waals surface area contributed by atoms with Crippen molar-refractivity contribution in [1.29, 1.82) is 0 Å². The number of amides is 1. The Hall–Kier alpha value is -1.20. The van der Waals surface area contributed by atoms with Crippen LogP contribution in [-0.4, -0.2) is 40.4 Å². The fourth-order valence-electron chi connectivity index (χ4n) is 3.73. The third-order valence-corrected chi connectivity index (χ3v) is 6.33. The van der Waals surface area contributed by atoms with Crippen LogP contribution in [0.4, 0.5) is 5.69 Å². The van der Waals surface area contributed by atoms with Crippen molar-refractivity contribution in [3.05, 3.63) is 29.8 Å². The van der Waals surface area contributed by atoms with E-state index in [0.29, 0.717) is 12.5 Å². The molecule has 0 bridgehead atoms. The van der Waals surface area contributed by atoms with Gasteiger partial charge in [-0.05, 0) is 38.3 Å².